The number of aliphatic imine (C=N–C) groups is 4. The smallest absolute Gasteiger partial charge is 0.266 e. The van der Waals surface area contributed by atoms with Crippen molar-refractivity contribution >= 4 is 47.3 Å². The third kappa shape index (κ3) is 3.00. The lowest BCUT2D eigenvalue weighted by atomic mass is 10.1. The molecule has 0 aliphatic carbocycles. The summed E-state index contributed by atoms with van der Waals surface area (Å²) < 4.78 is 0. The molecule has 0 aliphatic heterocycles. The zero-order valence-electron chi connectivity index (χ0n) is 9.48. The maximum atomic E-state index is 11.5. The maximum absolute atomic E-state index is 11.5. The minimum atomic E-state index is -1.07. The second-order valence-corrected chi connectivity index (χ2v) is 2.95. The summed E-state index contributed by atoms with van der Waals surface area (Å²) in [6, 6.07) is 2.21. The van der Waals surface area contributed by atoms with Gasteiger partial charge in [0.05, 0.1) is 5.56 Å². The van der Waals surface area contributed by atoms with Gasteiger partial charge in [-0.1, -0.05) is 0 Å². The van der Waals surface area contributed by atoms with E-state index in [0.29, 0.717) is 0 Å². The molecule has 96 valence electrons. The maximum Gasteiger partial charge on any atom is 0.290 e. The summed E-state index contributed by atoms with van der Waals surface area (Å²) in [5.74, 6) is -1.07. The van der Waals surface area contributed by atoms with Crippen LogP contribution in [0, 0.1) is 0 Å². The Morgan fingerprint density at radius 3 is 1.95 bits per heavy atom. The second kappa shape index (κ2) is 6.98. The van der Waals surface area contributed by atoms with Gasteiger partial charge < -0.3 is 0 Å². The fourth-order valence-corrected chi connectivity index (χ4v) is 1.30. The number of nitrogens with zero attached hydrogens (tertiary/aromatic N) is 4. The predicted molar refractivity (Wildman–Crippen MR) is 62.2 cm³/mol. The van der Waals surface area contributed by atoms with E-state index in [-0.39, 0.29) is 16.9 Å². The lowest BCUT2D eigenvalue weighted by molar-refractivity contribution is 0.100. The van der Waals surface area contributed by atoms with Gasteiger partial charge in [-0.25, -0.2) is 19.2 Å². The van der Waals surface area contributed by atoms with Crippen molar-refractivity contribution in [3.05, 3.63) is 17.7 Å². The Labute approximate surface area is 110 Å². The van der Waals surface area contributed by atoms with Crippen molar-refractivity contribution in [1.29, 1.82) is 0 Å². The molecule has 1 aromatic rings. The molecular formula is C11H2N4O5. The first-order chi connectivity index (χ1) is 9.69. The van der Waals surface area contributed by atoms with E-state index in [2.05, 4.69) is 20.0 Å². The molecular weight excluding hydrogens is 268 g/mol. The van der Waals surface area contributed by atoms with Crippen LogP contribution in [0.2, 0.25) is 0 Å². The molecule has 0 unspecified atom stereocenters. The van der Waals surface area contributed by atoms with Crippen LogP contribution >= 0.6 is 0 Å². The van der Waals surface area contributed by atoms with Crippen molar-refractivity contribution in [2.24, 2.45) is 20.0 Å². The van der Waals surface area contributed by atoms with Crippen LogP contribution in [0.5, 0.6) is 0 Å². The number of isocyanates is 4. The third-order valence-electron chi connectivity index (χ3n) is 1.99. The summed E-state index contributed by atoms with van der Waals surface area (Å²) in [7, 11) is 0. The molecule has 1 aromatic carbocycles. The fourth-order valence-electron chi connectivity index (χ4n) is 1.30. The van der Waals surface area contributed by atoms with Crippen molar-refractivity contribution in [3.8, 4) is 0 Å². The first kappa shape index (κ1) is 14.5. The number of hydrogen-bond acceptors (Lipinski definition) is 8. The highest BCUT2D eigenvalue weighted by Gasteiger charge is 2.18. The van der Waals surface area contributed by atoms with E-state index in [1.807, 2.05) is 0 Å². The van der Waals surface area contributed by atoms with Crippen LogP contribution in [0.3, 0.4) is 0 Å². The lowest BCUT2D eigenvalue weighted by Crippen LogP contribution is -1.95. The summed E-state index contributed by atoms with van der Waals surface area (Å²) in [4.78, 5) is 65.0. The first-order valence-corrected chi connectivity index (χ1v) is 4.72. The molecule has 0 atom stereocenters. The van der Waals surface area contributed by atoms with Gasteiger partial charge in [0.25, 0.3) is 5.91 Å². The standard InChI is InChI=1S/C11H2N4O5/c16-3-12-8-2-1-7(11(20)15-6-19)9(13-4-17)10(8)14-5-18/h1-2H. The number of amides is 1. The minimum absolute atomic E-state index is 0.177. The summed E-state index contributed by atoms with van der Waals surface area (Å²) in [6.45, 7) is 0. The van der Waals surface area contributed by atoms with Crippen LogP contribution in [-0.2, 0) is 19.2 Å². The van der Waals surface area contributed by atoms with Crippen LogP contribution in [0.1, 0.15) is 10.4 Å². The van der Waals surface area contributed by atoms with Crippen LogP contribution in [0.25, 0.3) is 0 Å². The van der Waals surface area contributed by atoms with E-state index < -0.39 is 11.6 Å². The molecule has 0 aromatic heterocycles. The highest BCUT2D eigenvalue weighted by molar-refractivity contribution is 6.05. The molecule has 0 heterocycles. The van der Waals surface area contributed by atoms with E-state index in [0.717, 1.165) is 30.4 Å². The highest BCUT2D eigenvalue weighted by Crippen LogP contribution is 2.40. The van der Waals surface area contributed by atoms with Gasteiger partial charge in [0.15, 0.2) is 0 Å². The zero-order chi connectivity index (χ0) is 15.0. The van der Waals surface area contributed by atoms with Gasteiger partial charge in [-0.3, -0.25) is 4.79 Å². The monoisotopic (exact) mass is 270 g/mol. The molecule has 0 fully saturated rings. The molecule has 0 bridgehead atoms. The Hall–Kier alpha value is -3.59. The van der Waals surface area contributed by atoms with Crippen LogP contribution < -0.4 is 0 Å². The third-order valence-corrected chi connectivity index (χ3v) is 1.99. The van der Waals surface area contributed by atoms with Gasteiger partial charge in [0, 0.05) is 0 Å². The van der Waals surface area contributed by atoms with E-state index >= 15 is 0 Å². The summed E-state index contributed by atoms with van der Waals surface area (Å²) in [5.41, 5.74) is -1.30. The van der Waals surface area contributed by atoms with Gasteiger partial charge in [-0.15, -0.1) is 4.99 Å². The minimum Gasteiger partial charge on any atom is -0.266 e. The van der Waals surface area contributed by atoms with Crippen LogP contribution in [0.15, 0.2) is 32.1 Å². The fraction of sp³-hybridized carbons (Fsp3) is 0. The zero-order valence-corrected chi connectivity index (χ0v) is 9.48. The van der Waals surface area contributed by atoms with Crippen molar-refractivity contribution in [1.82, 2.24) is 0 Å². The van der Waals surface area contributed by atoms with E-state index in [1.165, 1.54) is 6.08 Å². The Morgan fingerprint density at radius 1 is 0.800 bits per heavy atom. The Bertz CT molecular complexity index is 759. The van der Waals surface area contributed by atoms with Crippen LogP contribution in [0.4, 0.5) is 17.1 Å². The topological polar surface area (TPSA) is 135 Å². The van der Waals surface area contributed by atoms with Gasteiger partial charge in [0.1, 0.15) is 17.1 Å². The summed E-state index contributed by atoms with van der Waals surface area (Å²) in [6.07, 6.45) is 4.52. The second-order valence-electron chi connectivity index (χ2n) is 2.95. The Morgan fingerprint density at radius 2 is 1.40 bits per heavy atom. The number of carbonyl (C=O) groups excluding carboxylic acids is 5. The molecule has 1 amide bonds. The van der Waals surface area contributed by atoms with Crippen molar-refractivity contribution in [3.63, 3.8) is 0 Å². The van der Waals surface area contributed by atoms with E-state index in [9.17, 15) is 24.0 Å². The van der Waals surface area contributed by atoms with Crippen LogP contribution in [-0.4, -0.2) is 30.2 Å². The lowest BCUT2D eigenvalue weighted by Gasteiger charge is -2.04. The molecule has 20 heavy (non-hydrogen) atoms. The SMILES string of the molecule is O=C=NC(=O)c1ccc(N=C=O)c(N=C=O)c1N=C=O. The Kier molecular flexibility index (Phi) is 5.05. The van der Waals surface area contributed by atoms with Crippen molar-refractivity contribution in [2.45, 2.75) is 0 Å². The molecule has 0 saturated heterocycles. The molecule has 9 nitrogen and oxygen atoms in total. The average molecular weight is 270 g/mol. The Balaban J connectivity index is 3.80. The molecule has 9 heteroatoms. The summed E-state index contributed by atoms with van der Waals surface area (Å²) >= 11 is 0. The average Bonchev–Trinajstić information content (AvgIpc) is 2.43. The molecule has 0 radical (unpaired) electrons. The molecule has 0 spiro atoms. The van der Waals surface area contributed by atoms with Crippen molar-refractivity contribution in [2.75, 3.05) is 0 Å². The number of carbonyl (C=O) groups is 1. The quantitative estimate of drug-likeness (QED) is 0.595. The van der Waals surface area contributed by atoms with Crippen molar-refractivity contribution < 1.29 is 24.0 Å². The summed E-state index contributed by atoms with van der Waals surface area (Å²) in [5, 5.41) is 0. The predicted octanol–water partition coefficient (Wildman–Crippen LogP) is 1.06. The first-order valence-electron chi connectivity index (χ1n) is 4.72. The normalized spacial score (nSPS) is 8.20. The van der Waals surface area contributed by atoms with Gasteiger partial charge in [0.2, 0.25) is 24.3 Å². The number of rotatable bonds is 4. The molecule has 1 rings (SSSR count). The van der Waals surface area contributed by atoms with Gasteiger partial charge in [-0.2, -0.15) is 15.0 Å². The van der Waals surface area contributed by atoms with E-state index in [1.54, 1.807) is 0 Å². The molecule has 0 N–H and O–H groups in total. The van der Waals surface area contributed by atoms with E-state index in [4.69, 9.17) is 0 Å². The van der Waals surface area contributed by atoms with Gasteiger partial charge >= 0.3 is 0 Å². The molecule has 0 saturated carbocycles. The largest absolute Gasteiger partial charge is 0.290 e. The number of hydrogen-bond donors (Lipinski definition) is 0. The highest BCUT2D eigenvalue weighted by atomic mass is 16.2. The molecule has 0 aliphatic rings. The number of benzene rings is 1. The van der Waals surface area contributed by atoms with Gasteiger partial charge in [-0.05, 0) is 12.1 Å².